The molecular formula is C14H23NO2. The number of methoxy groups -OCH3 is 2. The van der Waals surface area contributed by atoms with E-state index in [9.17, 15) is 0 Å². The first kappa shape index (κ1) is 14.0. The van der Waals surface area contributed by atoms with Crippen LogP contribution in [0.1, 0.15) is 25.8 Å². The van der Waals surface area contributed by atoms with Crippen molar-refractivity contribution >= 4 is 0 Å². The van der Waals surface area contributed by atoms with Crippen molar-refractivity contribution in [3.8, 4) is 5.75 Å². The first-order chi connectivity index (χ1) is 8.09. The number of rotatable bonds is 7. The summed E-state index contributed by atoms with van der Waals surface area (Å²) in [5.74, 6) is 0.936. The molecule has 0 radical (unpaired) electrons. The zero-order valence-corrected chi connectivity index (χ0v) is 11.2. The molecule has 0 unspecified atom stereocenters. The van der Waals surface area contributed by atoms with Gasteiger partial charge < -0.3 is 14.8 Å². The minimum atomic E-state index is -0.0617. The molecule has 0 heterocycles. The minimum Gasteiger partial charge on any atom is -0.496 e. The number of benzene rings is 1. The Kier molecular flexibility index (Phi) is 5.45. The van der Waals surface area contributed by atoms with Crippen LogP contribution in [0.15, 0.2) is 24.3 Å². The Morgan fingerprint density at radius 1 is 1.18 bits per heavy atom. The van der Waals surface area contributed by atoms with Gasteiger partial charge in [0.2, 0.25) is 0 Å². The van der Waals surface area contributed by atoms with Crippen LogP contribution < -0.4 is 10.1 Å². The molecule has 0 aliphatic carbocycles. The van der Waals surface area contributed by atoms with E-state index in [0.717, 1.165) is 25.3 Å². The van der Waals surface area contributed by atoms with Crippen LogP contribution in [-0.2, 0) is 11.3 Å². The highest BCUT2D eigenvalue weighted by Crippen LogP contribution is 2.17. The lowest BCUT2D eigenvalue weighted by molar-refractivity contribution is 0.0158. The van der Waals surface area contributed by atoms with E-state index in [0.29, 0.717) is 0 Å². The van der Waals surface area contributed by atoms with Crippen LogP contribution in [0.3, 0.4) is 0 Å². The third-order valence-corrected chi connectivity index (χ3v) is 2.96. The molecule has 0 spiro atoms. The lowest BCUT2D eigenvalue weighted by atomic mass is 10.1. The first-order valence-corrected chi connectivity index (χ1v) is 5.97. The summed E-state index contributed by atoms with van der Waals surface area (Å²) in [4.78, 5) is 0. The second-order valence-corrected chi connectivity index (χ2v) is 4.70. The van der Waals surface area contributed by atoms with Crippen LogP contribution in [0.25, 0.3) is 0 Å². The Bertz CT molecular complexity index is 337. The second-order valence-electron chi connectivity index (χ2n) is 4.70. The molecule has 0 amide bonds. The smallest absolute Gasteiger partial charge is 0.123 e. The Balaban J connectivity index is 2.36. The van der Waals surface area contributed by atoms with Crippen LogP contribution in [0, 0.1) is 0 Å². The van der Waals surface area contributed by atoms with E-state index in [1.54, 1.807) is 14.2 Å². The molecule has 0 aliphatic heterocycles. The van der Waals surface area contributed by atoms with Gasteiger partial charge in [0.1, 0.15) is 5.75 Å². The van der Waals surface area contributed by atoms with Crippen molar-refractivity contribution in [2.45, 2.75) is 32.4 Å². The summed E-state index contributed by atoms with van der Waals surface area (Å²) in [6, 6.07) is 8.07. The van der Waals surface area contributed by atoms with Crippen molar-refractivity contribution < 1.29 is 9.47 Å². The average molecular weight is 237 g/mol. The fourth-order valence-electron chi connectivity index (χ4n) is 1.56. The minimum absolute atomic E-state index is 0.0617. The standard InChI is InChI=1S/C14H23NO2/c1-14(2,17-4)9-10-15-11-12-7-5-6-8-13(12)16-3/h5-8,15H,9-11H2,1-4H3. The largest absolute Gasteiger partial charge is 0.496 e. The van der Waals surface area contributed by atoms with Crippen LogP contribution in [0.5, 0.6) is 5.75 Å². The average Bonchev–Trinajstić information content (AvgIpc) is 2.35. The van der Waals surface area contributed by atoms with E-state index >= 15 is 0 Å². The van der Waals surface area contributed by atoms with Gasteiger partial charge in [-0.3, -0.25) is 0 Å². The first-order valence-electron chi connectivity index (χ1n) is 5.97. The molecule has 3 heteroatoms. The summed E-state index contributed by atoms with van der Waals surface area (Å²) >= 11 is 0. The molecule has 1 N–H and O–H groups in total. The molecule has 0 saturated carbocycles. The Morgan fingerprint density at radius 3 is 2.53 bits per heavy atom. The molecule has 1 aromatic carbocycles. The number of ether oxygens (including phenoxy) is 2. The molecule has 0 atom stereocenters. The lowest BCUT2D eigenvalue weighted by Crippen LogP contribution is -2.28. The molecule has 96 valence electrons. The van der Waals surface area contributed by atoms with E-state index < -0.39 is 0 Å². The van der Waals surface area contributed by atoms with E-state index in [1.807, 2.05) is 18.2 Å². The number of para-hydroxylation sites is 1. The molecule has 0 bridgehead atoms. The van der Waals surface area contributed by atoms with Gasteiger partial charge in [0, 0.05) is 19.2 Å². The van der Waals surface area contributed by atoms with E-state index in [-0.39, 0.29) is 5.60 Å². The summed E-state index contributed by atoms with van der Waals surface area (Å²) < 4.78 is 10.7. The molecule has 3 nitrogen and oxygen atoms in total. The van der Waals surface area contributed by atoms with E-state index in [1.165, 1.54) is 5.56 Å². The highest BCUT2D eigenvalue weighted by atomic mass is 16.5. The lowest BCUT2D eigenvalue weighted by Gasteiger charge is -2.22. The van der Waals surface area contributed by atoms with Gasteiger partial charge in [0.05, 0.1) is 12.7 Å². The van der Waals surface area contributed by atoms with Gasteiger partial charge in [-0.2, -0.15) is 0 Å². The van der Waals surface area contributed by atoms with Crippen LogP contribution in [-0.4, -0.2) is 26.4 Å². The molecule has 0 fully saturated rings. The SMILES string of the molecule is COc1ccccc1CNCCC(C)(C)OC. The third kappa shape index (κ3) is 4.75. The number of hydrogen-bond donors (Lipinski definition) is 1. The van der Waals surface area contributed by atoms with Crippen molar-refractivity contribution in [2.75, 3.05) is 20.8 Å². The van der Waals surface area contributed by atoms with Crippen LogP contribution in [0.4, 0.5) is 0 Å². The molecule has 17 heavy (non-hydrogen) atoms. The maximum absolute atomic E-state index is 5.37. The molecule has 0 saturated heterocycles. The van der Waals surface area contributed by atoms with Gasteiger partial charge in [0.25, 0.3) is 0 Å². The van der Waals surface area contributed by atoms with Crippen molar-refractivity contribution in [3.05, 3.63) is 29.8 Å². The molecular weight excluding hydrogens is 214 g/mol. The number of hydrogen-bond acceptors (Lipinski definition) is 3. The fourth-order valence-corrected chi connectivity index (χ4v) is 1.56. The summed E-state index contributed by atoms with van der Waals surface area (Å²) in [7, 11) is 3.45. The molecule has 0 aliphatic rings. The Morgan fingerprint density at radius 2 is 1.88 bits per heavy atom. The monoisotopic (exact) mass is 237 g/mol. The second kappa shape index (κ2) is 6.62. The van der Waals surface area contributed by atoms with Gasteiger partial charge in [0.15, 0.2) is 0 Å². The Hall–Kier alpha value is -1.06. The normalized spacial score (nSPS) is 11.5. The predicted molar refractivity (Wildman–Crippen MR) is 70.4 cm³/mol. The van der Waals surface area contributed by atoms with Gasteiger partial charge in [-0.05, 0) is 32.9 Å². The summed E-state index contributed by atoms with van der Waals surface area (Å²) in [6.07, 6.45) is 0.985. The van der Waals surface area contributed by atoms with Gasteiger partial charge in [-0.1, -0.05) is 18.2 Å². The van der Waals surface area contributed by atoms with Crippen molar-refractivity contribution in [1.29, 1.82) is 0 Å². The maximum Gasteiger partial charge on any atom is 0.123 e. The quantitative estimate of drug-likeness (QED) is 0.739. The molecule has 1 rings (SSSR count). The summed E-state index contributed by atoms with van der Waals surface area (Å²) in [6.45, 7) is 5.94. The highest BCUT2D eigenvalue weighted by molar-refractivity contribution is 5.32. The molecule has 1 aromatic rings. The Labute approximate surface area is 104 Å². The maximum atomic E-state index is 5.37. The number of nitrogens with one attached hydrogen (secondary N) is 1. The van der Waals surface area contributed by atoms with Crippen LogP contribution in [0.2, 0.25) is 0 Å². The third-order valence-electron chi connectivity index (χ3n) is 2.96. The molecule has 0 aromatic heterocycles. The van der Waals surface area contributed by atoms with Crippen molar-refractivity contribution in [3.63, 3.8) is 0 Å². The fraction of sp³-hybridized carbons (Fsp3) is 0.571. The van der Waals surface area contributed by atoms with Crippen molar-refractivity contribution in [2.24, 2.45) is 0 Å². The van der Waals surface area contributed by atoms with Crippen molar-refractivity contribution in [1.82, 2.24) is 5.32 Å². The summed E-state index contributed by atoms with van der Waals surface area (Å²) in [5.41, 5.74) is 1.12. The predicted octanol–water partition coefficient (Wildman–Crippen LogP) is 2.60. The van der Waals surface area contributed by atoms with Crippen LogP contribution >= 0.6 is 0 Å². The zero-order chi connectivity index (χ0) is 12.7. The zero-order valence-electron chi connectivity index (χ0n) is 11.2. The summed E-state index contributed by atoms with van der Waals surface area (Å²) in [5, 5.41) is 3.41. The topological polar surface area (TPSA) is 30.5 Å². The van der Waals surface area contributed by atoms with E-state index in [2.05, 4.69) is 25.2 Å². The van der Waals surface area contributed by atoms with E-state index in [4.69, 9.17) is 9.47 Å². The van der Waals surface area contributed by atoms with Gasteiger partial charge in [-0.25, -0.2) is 0 Å². The van der Waals surface area contributed by atoms with Gasteiger partial charge in [-0.15, -0.1) is 0 Å². The van der Waals surface area contributed by atoms with Gasteiger partial charge >= 0.3 is 0 Å². The highest BCUT2D eigenvalue weighted by Gasteiger charge is 2.15.